The fourth-order valence-electron chi connectivity index (χ4n) is 1.39. The first-order chi connectivity index (χ1) is 6.74. The second-order valence-electron chi connectivity index (χ2n) is 3.25. The lowest BCUT2D eigenvalue weighted by Crippen LogP contribution is -2.56. The normalized spacial score (nSPS) is 12.0. The Kier molecular flexibility index (Phi) is 8.47. The van der Waals surface area contributed by atoms with Crippen LogP contribution in [0.4, 0.5) is 0 Å². The van der Waals surface area contributed by atoms with Crippen molar-refractivity contribution in [3.8, 4) is 0 Å². The van der Waals surface area contributed by atoms with Gasteiger partial charge in [0.15, 0.2) is 0 Å². The molecule has 86 valence electrons. The van der Waals surface area contributed by atoms with Gasteiger partial charge >= 0.3 is 8.72 Å². The molecule has 3 nitrogen and oxygen atoms in total. The predicted molar refractivity (Wildman–Crippen MR) is 62.4 cm³/mol. The summed E-state index contributed by atoms with van der Waals surface area (Å²) in [6.07, 6.45) is 2.40. The molecule has 0 rings (SSSR count). The summed E-state index contributed by atoms with van der Waals surface area (Å²) in [6.45, 7) is 10.9. The average Bonchev–Trinajstić information content (AvgIpc) is 2.19. The second-order valence-corrected chi connectivity index (χ2v) is 6.40. The van der Waals surface area contributed by atoms with Crippen LogP contribution in [0.3, 0.4) is 0 Å². The molecule has 0 amide bonds. The molecule has 0 aromatic heterocycles. The van der Waals surface area contributed by atoms with E-state index in [4.69, 9.17) is 8.85 Å². The van der Waals surface area contributed by atoms with Gasteiger partial charge in [-0.2, -0.15) is 0 Å². The Labute approximate surface area is 89.5 Å². The molecule has 0 fully saturated rings. The smallest absolute Gasteiger partial charge is 0.383 e. The van der Waals surface area contributed by atoms with E-state index >= 15 is 0 Å². The van der Waals surface area contributed by atoms with Crippen LogP contribution in [0.2, 0.25) is 6.04 Å². The highest BCUT2D eigenvalue weighted by atomic mass is 28.4. The molecule has 0 heterocycles. The fourth-order valence-corrected chi connectivity index (χ4v) is 3.83. The van der Waals surface area contributed by atoms with Crippen molar-refractivity contribution in [3.05, 3.63) is 0 Å². The maximum atomic E-state index is 5.77. The maximum Gasteiger partial charge on any atom is 0.424 e. The Morgan fingerprint density at radius 2 is 1.57 bits per heavy atom. The van der Waals surface area contributed by atoms with Crippen molar-refractivity contribution in [2.24, 2.45) is 0 Å². The monoisotopic (exact) mass is 219 g/mol. The minimum Gasteiger partial charge on any atom is -0.383 e. The fraction of sp³-hybridized carbons (Fsp3) is 1.00. The first kappa shape index (κ1) is 14.1. The Hall–Kier alpha value is 0.0969. The molecule has 0 aliphatic carbocycles. The van der Waals surface area contributed by atoms with Crippen LogP contribution >= 0.6 is 0 Å². The molecule has 0 aliphatic rings. The van der Waals surface area contributed by atoms with E-state index in [-0.39, 0.29) is 0 Å². The highest BCUT2D eigenvalue weighted by molar-refractivity contribution is 6.64. The Morgan fingerprint density at radius 3 is 1.93 bits per heavy atom. The summed E-state index contributed by atoms with van der Waals surface area (Å²) in [4.78, 5) is 3.48. The van der Waals surface area contributed by atoms with Gasteiger partial charge in [-0.15, -0.1) is 0 Å². The zero-order valence-electron chi connectivity index (χ0n) is 10.1. The molecule has 0 unspecified atom stereocenters. The molecule has 0 saturated heterocycles. The van der Waals surface area contributed by atoms with E-state index < -0.39 is 8.72 Å². The van der Waals surface area contributed by atoms with Crippen LogP contribution in [0.15, 0.2) is 0 Å². The number of hydrogen-bond acceptors (Lipinski definition) is 3. The molecular formula is C10H25NO2Si. The molecule has 1 N–H and O–H groups in total. The summed E-state index contributed by atoms with van der Waals surface area (Å²) in [5.41, 5.74) is 0. The summed E-state index contributed by atoms with van der Waals surface area (Å²) < 4.78 is 11.5. The molecule has 14 heavy (non-hydrogen) atoms. The number of hydrogen-bond donors (Lipinski definition) is 1. The number of rotatable bonds is 9. The molecule has 0 aromatic carbocycles. The third-order valence-electron chi connectivity index (χ3n) is 2.15. The Morgan fingerprint density at radius 1 is 1.00 bits per heavy atom. The van der Waals surface area contributed by atoms with Crippen molar-refractivity contribution < 1.29 is 8.85 Å². The van der Waals surface area contributed by atoms with E-state index in [0.29, 0.717) is 0 Å². The van der Waals surface area contributed by atoms with Gasteiger partial charge in [-0.1, -0.05) is 20.3 Å². The average molecular weight is 219 g/mol. The Bertz CT molecular complexity index is 127. The predicted octanol–water partition coefficient (Wildman–Crippen LogP) is 2.41. The van der Waals surface area contributed by atoms with Crippen LogP contribution < -0.4 is 4.98 Å². The van der Waals surface area contributed by atoms with Crippen molar-refractivity contribution in [3.63, 3.8) is 0 Å². The number of nitrogens with one attached hydrogen (secondary N) is 1. The van der Waals surface area contributed by atoms with Gasteiger partial charge < -0.3 is 8.85 Å². The van der Waals surface area contributed by atoms with Gasteiger partial charge in [-0.25, -0.2) is 0 Å². The minimum absolute atomic E-state index is 0.735. The standard InChI is InChI=1S/C10H25NO2Si/c1-5-9-10-11-14(8-4,12-6-2)13-7-3/h11H,5-10H2,1-4H3. The van der Waals surface area contributed by atoms with E-state index in [1.807, 2.05) is 13.8 Å². The van der Waals surface area contributed by atoms with Gasteiger partial charge in [0.1, 0.15) is 0 Å². The summed E-state index contributed by atoms with van der Waals surface area (Å²) in [7, 11) is -2.06. The van der Waals surface area contributed by atoms with E-state index in [1.54, 1.807) is 0 Å². The molecule has 0 aliphatic heterocycles. The van der Waals surface area contributed by atoms with Gasteiger partial charge in [0.2, 0.25) is 0 Å². The third kappa shape index (κ3) is 5.10. The molecule has 0 spiro atoms. The summed E-state index contributed by atoms with van der Waals surface area (Å²) in [5.74, 6) is 0. The topological polar surface area (TPSA) is 30.5 Å². The van der Waals surface area contributed by atoms with Crippen LogP contribution in [0.1, 0.15) is 40.5 Å². The molecular weight excluding hydrogens is 194 g/mol. The summed E-state index contributed by atoms with van der Waals surface area (Å²) >= 11 is 0. The van der Waals surface area contributed by atoms with Crippen molar-refractivity contribution >= 4 is 8.72 Å². The van der Waals surface area contributed by atoms with Gasteiger partial charge in [0.25, 0.3) is 0 Å². The quantitative estimate of drug-likeness (QED) is 0.477. The van der Waals surface area contributed by atoms with E-state index in [9.17, 15) is 0 Å². The highest BCUT2D eigenvalue weighted by Gasteiger charge is 2.34. The van der Waals surface area contributed by atoms with Crippen molar-refractivity contribution in [2.75, 3.05) is 19.8 Å². The van der Waals surface area contributed by atoms with Crippen molar-refractivity contribution in [1.29, 1.82) is 0 Å². The highest BCUT2D eigenvalue weighted by Crippen LogP contribution is 2.09. The molecule has 0 aromatic rings. The van der Waals surface area contributed by atoms with E-state index in [1.165, 1.54) is 12.8 Å². The van der Waals surface area contributed by atoms with Gasteiger partial charge in [0, 0.05) is 19.3 Å². The van der Waals surface area contributed by atoms with Crippen LogP contribution in [-0.2, 0) is 8.85 Å². The van der Waals surface area contributed by atoms with Crippen molar-refractivity contribution in [2.45, 2.75) is 46.6 Å². The minimum atomic E-state index is -2.06. The Balaban J connectivity index is 4.03. The molecule has 0 radical (unpaired) electrons. The lowest BCUT2D eigenvalue weighted by molar-refractivity contribution is 0.172. The van der Waals surface area contributed by atoms with Crippen LogP contribution in [0.25, 0.3) is 0 Å². The van der Waals surface area contributed by atoms with Gasteiger partial charge in [-0.05, 0) is 26.8 Å². The SMILES string of the molecule is CCCCN[Si](CC)(OCC)OCC. The zero-order valence-corrected chi connectivity index (χ0v) is 11.1. The summed E-state index contributed by atoms with van der Waals surface area (Å²) in [5, 5.41) is 0. The first-order valence-corrected chi connectivity index (χ1v) is 7.79. The molecule has 4 heteroatoms. The zero-order chi connectivity index (χ0) is 10.9. The van der Waals surface area contributed by atoms with E-state index in [2.05, 4.69) is 18.8 Å². The first-order valence-electron chi connectivity index (χ1n) is 5.77. The van der Waals surface area contributed by atoms with Gasteiger partial charge in [0.05, 0.1) is 0 Å². The van der Waals surface area contributed by atoms with Gasteiger partial charge in [-0.3, -0.25) is 4.98 Å². The lowest BCUT2D eigenvalue weighted by Gasteiger charge is -2.29. The number of unbranched alkanes of at least 4 members (excludes halogenated alkanes) is 1. The van der Waals surface area contributed by atoms with Crippen LogP contribution in [0.5, 0.6) is 0 Å². The largest absolute Gasteiger partial charge is 0.424 e. The van der Waals surface area contributed by atoms with E-state index in [0.717, 1.165) is 25.8 Å². The molecule has 0 atom stereocenters. The van der Waals surface area contributed by atoms with Crippen molar-refractivity contribution in [1.82, 2.24) is 4.98 Å². The molecule has 0 saturated carbocycles. The lowest BCUT2D eigenvalue weighted by atomic mass is 10.3. The second kappa shape index (κ2) is 8.41. The summed E-state index contributed by atoms with van der Waals surface area (Å²) in [6, 6.07) is 0.971. The molecule has 0 bridgehead atoms. The van der Waals surface area contributed by atoms with Crippen LogP contribution in [-0.4, -0.2) is 28.5 Å². The van der Waals surface area contributed by atoms with Crippen LogP contribution in [0, 0.1) is 0 Å². The maximum absolute atomic E-state index is 5.77. The third-order valence-corrected chi connectivity index (χ3v) is 5.37.